The van der Waals surface area contributed by atoms with Crippen molar-refractivity contribution in [1.29, 1.82) is 0 Å². The van der Waals surface area contributed by atoms with E-state index in [1.807, 2.05) is 0 Å². The van der Waals surface area contributed by atoms with E-state index in [2.05, 4.69) is 9.71 Å². The van der Waals surface area contributed by atoms with Gasteiger partial charge in [0.05, 0.1) is 17.8 Å². The number of carboxylic acids is 1. The Morgan fingerprint density at radius 1 is 1.48 bits per heavy atom. The lowest BCUT2D eigenvalue weighted by atomic mass is 10.2. The zero-order chi connectivity index (χ0) is 15.6. The summed E-state index contributed by atoms with van der Waals surface area (Å²) in [5.41, 5.74) is 5.42. The lowest BCUT2D eigenvalue weighted by Crippen LogP contribution is -2.25. The van der Waals surface area contributed by atoms with Crippen LogP contribution in [0.4, 0.5) is 5.69 Å². The van der Waals surface area contributed by atoms with Crippen molar-refractivity contribution in [2.45, 2.75) is 11.4 Å². The van der Waals surface area contributed by atoms with Crippen molar-refractivity contribution in [2.75, 3.05) is 5.73 Å². The normalized spacial score (nSPS) is 11.5. The fraction of sp³-hybridized carbons (Fsp3) is 0.167. The van der Waals surface area contributed by atoms with Gasteiger partial charge in [-0.25, -0.2) is 22.9 Å². The molecule has 1 aromatic carbocycles. The number of nitrogens with one attached hydrogen (secondary N) is 1. The van der Waals surface area contributed by atoms with Crippen LogP contribution in [-0.2, 0) is 23.6 Å². The summed E-state index contributed by atoms with van der Waals surface area (Å²) in [6.07, 6.45) is 3.25. The lowest BCUT2D eigenvalue weighted by molar-refractivity contribution is 0.0697. The standard InChI is InChI=1S/C12H14N4O4S/c1-16-5-4-14-11(16)7-15-21(19,20)10-3-2-8(12(17)18)6-9(10)13/h2-6,15H,7,13H2,1H3,(H,17,18). The Balaban J connectivity index is 2.23. The van der Waals surface area contributed by atoms with Crippen LogP contribution < -0.4 is 10.5 Å². The Kier molecular flexibility index (Phi) is 3.96. The molecule has 0 unspecified atom stereocenters. The summed E-state index contributed by atoms with van der Waals surface area (Å²) in [5, 5.41) is 8.83. The summed E-state index contributed by atoms with van der Waals surface area (Å²) in [7, 11) is -2.10. The number of nitrogens with zero attached hydrogens (tertiary/aromatic N) is 2. The number of carbonyl (C=O) groups is 1. The van der Waals surface area contributed by atoms with Gasteiger partial charge in [-0.15, -0.1) is 0 Å². The molecule has 0 saturated carbocycles. The second-order valence-corrected chi connectivity index (χ2v) is 6.07. The molecular weight excluding hydrogens is 296 g/mol. The first-order valence-electron chi connectivity index (χ1n) is 5.90. The molecule has 0 bridgehead atoms. The fourth-order valence-electron chi connectivity index (χ4n) is 1.73. The van der Waals surface area contributed by atoms with Gasteiger partial charge in [0.15, 0.2) is 0 Å². The van der Waals surface area contributed by atoms with E-state index in [0.717, 1.165) is 6.07 Å². The zero-order valence-electron chi connectivity index (χ0n) is 11.1. The Labute approximate surface area is 121 Å². The third kappa shape index (κ3) is 3.20. The second kappa shape index (κ2) is 5.54. The molecule has 0 aliphatic carbocycles. The first-order valence-corrected chi connectivity index (χ1v) is 7.38. The number of benzene rings is 1. The molecule has 9 heteroatoms. The van der Waals surface area contributed by atoms with Crippen LogP contribution in [0.5, 0.6) is 0 Å². The first-order chi connectivity index (χ1) is 9.81. The number of nitrogens with two attached hydrogens (primary N) is 1. The molecule has 0 fully saturated rings. The highest BCUT2D eigenvalue weighted by Crippen LogP contribution is 2.20. The summed E-state index contributed by atoms with van der Waals surface area (Å²) >= 11 is 0. The maximum absolute atomic E-state index is 12.2. The number of aryl methyl sites for hydroxylation is 1. The summed E-state index contributed by atoms with van der Waals surface area (Å²) in [6.45, 7) is 0.00591. The van der Waals surface area contributed by atoms with E-state index in [0.29, 0.717) is 5.82 Å². The van der Waals surface area contributed by atoms with E-state index in [9.17, 15) is 13.2 Å². The van der Waals surface area contributed by atoms with Crippen molar-refractivity contribution >= 4 is 21.7 Å². The molecular formula is C12H14N4O4S. The molecule has 0 aliphatic rings. The molecule has 0 saturated heterocycles. The monoisotopic (exact) mass is 310 g/mol. The predicted octanol–water partition coefficient (Wildman–Crippen LogP) is 0.179. The number of aromatic nitrogens is 2. The first kappa shape index (κ1) is 15.0. The molecule has 1 aromatic heterocycles. The molecule has 0 radical (unpaired) electrons. The predicted molar refractivity (Wildman–Crippen MR) is 75.0 cm³/mol. The minimum absolute atomic E-state index is 0.00591. The number of aromatic carboxylic acids is 1. The Morgan fingerprint density at radius 2 is 2.19 bits per heavy atom. The zero-order valence-corrected chi connectivity index (χ0v) is 12.0. The van der Waals surface area contributed by atoms with Crippen LogP contribution in [0.1, 0.15) is 16.2 Å². The molecule has 112 valence electrons. The Bertz CT molecular complexity index is 782. The molecule has 4 N–H and O–H groups in total. The van der Waals surface area contributed by atoms with Crippen molar-refractivity contribution in [3.05, 3.63) is 42.0 Å². The van der Waals surface area contributed by atoms with Crippen LogP contribution in [0.2, 0.25) is 0 Å². The molecule has 0 spiro atoms. The van der Waals surface area contributed by atoms with Gasteiger partial charge < -0.3 is 15.4 Å². The number of nitrogen functional groups attached to an aromatic ring is 1. The highest BCUT2D eigenvalue weighted by molar-refractivity contribution is 7.89. The second-order valence-electron chi connectivity index (χ2n) is 4.34. The number of hydrogen-bond acceptors (Lipinski definition) is 5. The summed E-state index contributed by atoms with van der Waals surface area (Å²) in [4.78, 5) is 14.6. The molecule has 0 atom stereocenters. The third-order valence-electron chi connectivity index (χ3n) is 2.89. The Morgan fingerprint density at radius 3 is 2.71 bits per heavy atom. The highest BCUT2D eigenvalue weighted by atomic mass is 32.2. The fourth-order valence-corrected chi connectivity index (χ4v) is 2.82. The minimum Gasteiger partial charge on any atom is -0.478 e. The number of imidazole rings is 1. The topological polar surface area (TPSA) is 127 Å². The smallest absolute Gasteiger partial charge is 0.335 e. The number of sulfonamides is 1. The minimum atomic E-state index is -3.85. The van der Waals surface area contributed by atoms with Gasteiger partial charge in [-0.3, -0.25) is 0 Å². The molecule has 0 amide bonds. The largest absolute Gasteiger partial charge is 0.478 e. The van der Waals surface area contributed by atoms with Crippen LogP contribution in [0.15, 0.2) is 35.5 Å². The number of carboxylic acid groups (broad SMARTS) is 1. The van der Waals surface area contributed by atoms with Gasteiger partial charge in [0.25, 0.3) is 0 Å². The lowest BCUT2D eigenvalue weighted by Gasteiger charge is -2.09. The molecule has 0 aliphatic heterocycles. The van der Waals surface area contributed by atoms with Crippen LogP contribution in [-0.4, -0.2) is 29.0 Å². The molecule has 2 aromatic rings. The van der Waals surface area contributed by atoms with Crippen LogP contribution in [0, 0.1) is 0 Å². The van der Waals surface area contributed by atoms with Crippen molar-refractivity contribution in [2.24, 2.45) is 7.05 Å². The van der Waals surface area contributed by atoms with Crippen molar-refractivity contribution < 1.29 is 18.3 Å². The van der Waals surface area contributed by atoms with E-state index in [1.54, 1.807) is 24.0 Å². The van der Waals surface area contributed by atoms with Gasteiger partial charge in [0.1, 0.15) is 10.7 Å². The molecule has 2 rings (SSSR count). The average molecular weight is 310 g/mol. The maximum atomic E-state index is 12.2. The van der Waals surface area contributed by atoms with E-state index < -0.39 is 16.0 Å². The van der Waals surface area contributed by atoms with Crippen molar-refractivity contribution in [1.82, 2.24) is 14.3 Å². The van der Waals surface area contributed by atoms with Gasteiger partial charge in [0, 0.05) is 19.4 Å². The van der Waals surface area contributed by atoms with Gasteiger partial charge in [-0.05, 0) is 18.2 Å². The SMILES string of the molecule is Cn1ccnc1CNS(=O)(=O)c1ccc(C(=O)O)cc1N. The summed E-state index contributed by atoms with van der Waals surface area (Å²) in [5.74, 6) is -0.633. The number of anilines is 1. The average Bonchev–Trinajstić information content (AvgIpc) is 2.81. The van der Waals surface area contributed by atoms with Gasteiger partial charge in [-0.1, -0.05) is 0 Å². The summed E-state index contributed by atoms with van der Waals surface area (Å²) < 4.78 is 28.4. The van der Waals surface area contributed by atoms with Gasteiger partial charge >= 0.3 is 5.97 Å². The Hall–Kier alpha value is -2.39. The van der Waals surface area contributed by atoms with E-state index in [-0.39, 0.29) is 22.7 Å². The van der Waals surface area contributed by atoms with E-state index in [4.69, 9.17) is 10.8 Å². The molecule has 1 heterocycles. The van der Waals surface area contributed by atoms with E-state index in [1.165, 1.54) is 12.1 Å². The van der Waals surface area contributed by atoms with Gasteiger partial charge in [-0.2, -0.15) is 0 Å². The maximum Gasteiger partial charge on any atom is 0.335 e. The quantitative estimate of drug-likeness (QED) is 0.676. The number of rotatable bonds is 5. The highest BCUT2D eigenvalue weighted by Gasteiger charge is 2.19. The van der Waals surface area contributed by atoms with Crippen molar-refractivity contribution in [3.8, 4) is 0 Å². The number of hydrogen-bond donors (Lipinski definition) is 3. The van der Waals surface area contributed by atoms with Crippen LogP contribution in [0.3, 0.4) is 0 Å². The van der Waals surface area contributed by atoms with E-state index >= 15 is 0 Å². The van der Waals surface area contributed by atoms with Crippen LogP contribution in [0.25, 0.3) is 0 Å². The van der Waals surface area contributed by atoms with Crippen LogP contribution >= 0.6 is 0 Å². The summed E-state index contributed by atoms with van der Waals surface area (Å²) in [6, 6.07) is 3.46. The third-order valence-corrected chi connectivity index (χ3v) is 4.36. The van der Waals surface area contributed by atoms with Crippen molar-refractivity contribution in [3.63, 3.8) is 0 Å². The van der Waals surface area contributed by atoms with Gasteiger partial charge in [0.2, 0.25) is 10.0 Å². The molecule has 21 heavy (non-hydrogen) atoms. The molecule has 8 nitrogen and oxygen atoms in total.